The van der Waals surface area contributed by atoms with Crippen LogP contribution < -0.4 is 5.32 Å². The third kappa shape index (κ3) is 2.56. The highest BCUT2D eigenvalue weighted by atomic mass is 32.1. The van der Waals surface area contributed by atoms with Crippen LogP contribution in [0.1, 0.15) is 29.1 Å². The maximum Gasteiger partial charge on any atom is 0.0771 e. The van der Waals surface area contributed by atoms with Crippen molar-refractivity contribution in [2.24, 2.45) is 0 Å². The summed E-state index contributed by atoms with van der Waals surface area (Å²) >= 11 is 1.84. The molecule has 0 fully saturated rings. The monoisotopic (exact) mass is 213 g/mol. The summed E-state index contributed by atoms with van der Waals surface area (Å²) in [5.41, 5.74) is 0. The van der Waals surface area contributed by atoms with Crippen molar-refractivity contribution in [1.82, 2.24) is 5.32 Å². The summed E-state index contributed by atoms with van der Waals surface area (Å²) in [4.78, 5) is 2.71. The van der Waals surface area contributed by atoms with Gasteiger partial charge in [0.05, 0.1) is 12.1 Å². The average Bonchev–Trinajstić information content (AvgIpc) is 2.60. The minimum atomic E-state index is 0.262. The number of hydrogen-bond acceptors (Lipinski definition) is 3. The molecular formula is C11H19NOS. The summed E-state index contributed by atoms with van der Waals surface area (Å²) in [6, 6.07) is 4.67. The first-order chi connectivity index (χ1) is 6.72. The first-order valence-electron chi connectivity index (χ1n) is 4.99. The molecule has 0 aliphatic carbocycles. The lowest BCUT2D eigenvalue weighted by molar-refractivity contribution is 0.0686. The molecule has 0 aromatic carbocycles. The lowest BCUT2D eigenvalue weighted by Gasteiger charge is -2.23. The highest BCUT2D eigenvalue weighted by Gasteiger charge is 2.20. The molecule has 0 radical (unpaired) electrons. The summed E-state index contributed by atoms with van der Waals surface area (Å²) in [5.74, 6) is 0. The molecule has 14 heavy (non-hydrogen) atoms. The van der Waals surface area contributed by atoms with Gasteiger partial charge in [0.15, 0.2) is 0 Å². The maximum absolute atomic E-state index is 5.46. The van der Waals surface area contributed by atoms with Gasteiger partial charge < -0.3 is 10.1 Å². The zero-order valence-electron chi connectivity index (χ0n) is 9.33. The molecule has 0 spiro atoms. The molecule has 0 saturated heterocycles. The zero-order valence-corrected chi connectivity index (χ0v) is 10.1. The molecule has 1 aromatic heterocycles. The molecule has 80 valence electrons. The summed E-state index contributed by atoms with van der Waals surface area (Å²) < 4.78 is 5.46. The molecule has 2 atom stereocenters. The Bertz CT molecular complexity index is 268. The molecule has 1 rings (SSSR count). The van der Waals surface area contributed by atoms with Gasteiger partial charge in [-0.05, 0) is 32.5 Å². The molecule has 0 aliphatic heterocycles. The van der Waals surface area contributed by atoms with Crippen molar-refractivity contribution in [2.45, 2.75) is 32.4 Å². The standard InChI is InChI=1S/C11H19NOS/c1-5-9(13-4)11(12-3)10-7-6-8(2)14-10/h6-7,9,11-12H,5H2,1-4H3. The van der Waals surface area contributed by atoms with Crippen molar-refractivity contribution in [1.29, 1.82) is 0 Å². The van der Waals surface area contributed by atoms with E-state index in [0.717, 1.165) is 6.42 Å². The van der Waals surface area contributed by atoms with E-state index < -0.39 is 0 Å². The van der Waals surface area contributed by atoms with Gasteiger partial charge in [-0.2, -0.15) is 0 Å². The molecule has 1 aromatic rings. The largest absolute Gasteiger partial charge is 0.379 e. The number of likely N-dealkylation sites (N-methyl/N-ethyl adjacent to an activating group) is 1. The normalized spacial score (nSPS) is 15.4. The third-order valence-corrected chi connectivity index (χ3v) is 3.54. The molecule has 0 bridgehead atoms. The van der Waals surface area contributed by atoms with Crippen LogP contribution in [0.5, 0.6) is 0 Å². The van der Waals surface area contributed by atoms with Crippen molar-refractivity contribution < 1.29 is 4.74 Å². The number of hydrogen-bond donors (Lipinski definition) is 1. The second-order valence-corrected chi connectivity index (χ2v) is 4.72. The predicted octanol–water partition coefficient (Wildman–Crippen LogP) is 2.74. The van der Waals surface area contributed by atoms with Crippen molar-refractivity contribution in [3.63, 3.8) is 0 Å². The molecule has 2 nitrogen and oxygen atoms in total. The lowest BCUT2D eigenvalue weighted by atomic mass is 10.1. The van der Waals surface area contributed by atoms with Crippen molar-refractivity contribution in [2.75, 3.05) is 14.2 Å². The van der Waals surface area contributed by atoms with Crippen LogP contribution in [0.15, 0.2) is 12.1 Å². The third-order valence-electron chi connectivity index (χ3n) is 2.46. The fourth-order valence-corrected chi connectivity index (χ4v) is 2.71. The Morgan fingerprint density at radius 2 is 2.21 bits per heavy atom. The molecule has 3 heteroatoms. The van der Waals surface area contributed by atoms with Gasteiger partial charge in [0, 0.05) is 16.9 Å². The van der Waals surface area contributed by atoms with Gasteiger partial charge in [-0.25, -0.2) is 0 Å². The first kappa shape index (κ1) is 11.7. The number of rotatable bonds is 5. The Balaban J connectivity index is 2.80. The van der Waals surface area contributed by atoms with E-state index in [0.29, 0.717) is 6.04 Å². The molecule has 1 heterocycles. The molecule has 2 unspecified atom stereocenters. The quantitative estimate of drug-likeness (QED) is 0.812. The number of thiophene rings is 1. The van der Waals surface area contributed by atoms with Crippen LogP contribution in [-0.4, -0.2) is 20.3 Å². The summed E-state index contributed by atoms with van der Waals surface area (Å²) in [7, 11) is 3.76. The second kappa shape index (κ2) is 5.49. The van der Waals surface area contributed by atoms with Crippen molar-refractivity contribution >= 4 is 11.3 Å². The molecule has 0 saturated carbocycles. The van der Waals surface area contributed by atoms with E-state index in [9.17, 15) is 0 Å². The van der Waals surface area contributed by atoms with E-state index >= 15 is 0 Å². The van der Waals surface area contributed by atoms with Gasteiger partial charge in [-0.1, -0.05) is 6.92 Å². The maximum atomic E-state index is 5.46. The fraction of sp³-hybridized carbons (Fsp3) is 0.636. The smallest absolute Gasteiger partial charge is 0.0771 e. The van der Waals surface area contributed by atoms with Gasteiger partial charge in [-0.3, -0.25) is 0 Å². The Kier molecular flexibility index (Phi) is 4.58. The Morgan fingerprint density at radius 1 is 1.50 bits per heavy atom. The minimum absolute atomic E-state index is 0.262. The molecule has 0 aliphatic rings. The van der Waals surface area contributed by atoms with Crippen LogP contribution in [-0.2, 0) is 4.74 Å². The Labute approximate surface area is 90.3 Å². The number of nitrogens with one attached hydrogen (secondary N) is 1. The van der Waals surface area contributed by atoms with Crippen molar-refractivity contribution in [3.8, 4) is 0 Å². The predicted molar refractivity (Wildman–Crippen MR) is 61.9 cm³/mol. The van der Waals surface area contributed by atoms with Gasteiger partial charge >= 0.3 is 0 Å². The van der Waals surface area contributed by atoms with Crippen LogP contribution >= 0.6 is 11.3 Å². The molecular weight excluding hydrogens is 194 g/mol. The first-order valence-corrected chi connectivity index (χ1v) is 5.81. The van der Waals surface area contributed by atoms with E-state index in [-0.39, 0.29) is 6.10 Å². The molecule has 0 amide bonds. The van der Waals surface area contributed by atoms with Gasteiger partial charge in [0.25, 0.3) is 0 Å². The van der Waals surface area contributed by atoms with Gasteiger partial charge in [0.1, 0.15) is 0 Å². The van der Waals surface area contributed by atoms with E-state index in [4.69, 9.17) is 4.74 Å². The summed E-state index contributed by atoms with van der Waals surface area (Å²) in [5, 5.41) is 3.32. The Morgan fingerprint density at radius 3 is 2.57 bits per heavy atom. The zero-order chi connectivity index (χ0) is 10.6. The fourth-order valence-electron chi connectivity index (χ4n) is 1.67. The number of methoxy groups -OCH3 is 1. The van der Waals surface area contributed by atoms with Crippen LogP contribution in [0.4, 0.5) is 0 Å². The highest BCUT2D eigenvalue weighted by Crippen LogP contribution is 2.27. The van der Waals surface area contributed by atoms with Crippen molar-refractivity contribution in [3.05, 3.63) is 21.9 Å². The Hall–Kier alpha value is -0.380. The SMILES string of the molecule is CCC(OC)C(NC)c1ccc(C)s1. The van der Waals surface area contributed by atoms with Crippen LogP contribution in [0.2, 0.25) is 0 Å². The van der Waals surface area contributed by atoms with Gasteiger partial charge in [-0.15, -0.1) is 11.3 Å². The van der Waals surface area contributed by atoms with Gasteiger partial charge in [0.2, 0.25) is 0 Å². The van der Waals surface area contributed by atoms with Crippen LogP contribution in [0, 0.1) is 6.92 Å². The molecule has 1 N–H and O–H groups in total. The summed E-state index contributed by atoms with van der Waals surface area (Å²) in [6.07, 6.45) is 1.29. The van der Waals surface area contributed by atoms with Crippen LogP contribution in [0.3, 0.4) is 0 Å². The van der Waals surface area contributed by atoms with Crippen LogP contribution in [0.25, 0.3) is 0 Å². The van der Waals surface area contributed by atoms with E-state index in [1.54, 1.807) is 7.11 Å². The van der Waals surface area contributed by atoms with E-state index in [1.165, 1.54) is 9.75 Å². The summed E-state index contributed by atoms with van der Waals surface area (Å²) in [6.45, 7) is 4.29. The van der Waals surface area contributed by atoms with E-state index in [1.807, 2.05) is 18.4 Å². The highest BCUT2D eigenvalue weighted by molar-refractivity contribution is 7.12. The minimum Gasteiger partial charge on any atom is -0.379 e. The number of aryl methyl sites for hydroxylation is 1. The lowest BCUT2D eigenvalue weighted by Crippen LogP contribution is -2.29. The number of ether oxygens (including phenoxy) is 1. The topological polar surface area (TPSA) is 21.3 Å². The second-order valence-electron chi connectivity index (χ2n) is 3.40. The van der Waals surface area contributed by atoms with E-state index in [2.05, 4.69) is 31.3 Å². The average molecular weight is 213 g/mol.